The lowest BCUT2D eigenvalue weighted by molar-refractivity contribution is 0.0898. The second kappa shape index (κ2) is 9.31. The van der Waals surface area contributed by atoms with Crippen molar-refractivity contribution in [3.63, 3.8) is 0 Å². The maximum Gasteiger partial charge on any atom is 0.316 e. The Morgan fingerprint density at radius 1 is 1.03 bits per heavy atom. The molecule has 0 bridgehead atoms. The summed E-state index contributed by atoms with van der Waals surface area (Å²) < 4.78 is 15.4. The van der Waals surface area contributed by atoms with Gasteiger partial charge in [0.2, 0.25) is 5.82 Å². The Balaban J connectivity index is 1.54. The zero-order valence-corrected chi connectivity index (χ0v) is 15.8. The van der Waals surface area contributed by atoms with E-state index in [9.17, 15) is 9.59 Å². The van der Waals surface area contributed by atoms with Crippen LogP contribution in [-0.4, -0.2) is 54.2 Å². The lowest BCUT2D eigenvalue weighted by Gasteiger charge is -2.07. The van der Waals surface area contributed by atoms with Crippen molar-refractivity contribution < 1.29 is 23.6 Å². The SMILES string of the molecule is COc1ccc(-c2noc(C(=O)NCCNC(=O)c3cccnc3)n2)cc1OC. The lowest BCUT2D eigenvalue weighted by atomic mass is 10.2. The third-order valence-electron chi connectivity index (χ3n) is 3.88. The molecule has 2 heterocycles. The van der Waals surface area contributed by atoms with E-state index in [1.165, 1.54) is 20.4 Å². The molecule has 10 nitrogen and oxygen atoms in total. The number of carbonyl (C=O) groups is 2. The van der Waals surface area contributed by atoms with Crippen LogP contribution < -0.4 is 20.1 Å². The number of hydrogen-bond donors (Lipinski definition) is 2. The average molecular weight is 397 g/mol. The van der Waals surface area contributed by atoms with Crippen molar-refractivity contribution in [1.29, 1.82) is 0 Å². The zero-order chi connectivity index (χ0) is 20.6. The van der Waals surface area contributed by atoms with Crippen molar-refractivity contribution in [2.75, 3.05) is 27.3 Å². The first-order valence-electron chi connectivity index (χ1n) is 8.65. The van der Waals surface area contributed by atoms with E-state index in [0.29, 0.717) is 22.6 Å². The maximum atomic E-state index is 12.2. The van der Waals surface area contributed by atoms with Gasteiger partial charge in [0.15, 0.2) is 11.5 Å². The quantitative estimate of drug-likeness (QED) is 0.545. The van der Waals surface area contributed by atoms with Crippen LogP contribution in [0, 0.1) is 0 Å². The molecule has 3 aromatic rings. The van der Waals surface area contributed by atoms with E-state index < -0.39 is 5.91 Å². The zero-order valence-electron chi connectivity index (χ0n) is 15.8. The molecule has 0 atom stereocenters. The number of nitrogens with one attached hydrogen (secondary N) is 2. The van der Waals surface area contributed by atoms with Gasteiger partial charge >= 0.3 is 11.8 Å². The van der Waals surface area contributed by atoms with Crippen LogP contribution in [0.2, 0.25) is 0 Å². The van der Waals surface area contributed by atoms with Gasteiger partial charge in [-0.05, 0) is 30.3 Å². The molecular formula is C19H19N5O5. The molecule has 1 aromatic carbocycles. The smallest absolute Gasteiger partial charge is 0.316 e. The monoisotopic (exact) mass is 397 g/mol. The molecule has 150 valence electrons. The number of ether oxygens (including phenoxy) is 2. The molecule has 0 saturated carbocycles. The molecule has 0 aliphatic heterocycles. The van der Waals surface area contributed by atoms with Gasteiger partial charge in [-0.25, -0.2) is 0 Å². The minimum atomic E-state index is -0.542. The summed E-state index contributed by atoms with van der Waals surface area (Å²) >= 11 is 0. The predicted molar refractivity (Wildman–Crippen MR) is 102 cm³/mol. The highest BCUT2D eigenvalue weighted by Gasteiger charge is 2.17. The van der Waals surface area contributed by atoms with Gasteiger partial charge in [0.05, 0.1) is 19.8 Å². The van der Waals surface area contributed by atoms with Crippen LogP contribution in [0.15, 0.2) is 47.2 Å². The molecule has 0 aliphatic carbocycles. The Morgan fingerprint density at radius 3 is 2.48 bits per heavy atom. The van der Waals surface area contributed by atoms with Gasteiger partial charge in [-0.1, -0.05) is 5.16 Å². The summed E-state index contributed by atoms with van der Waals surface area (Å²) in [6, 6.07) is 8.42. The Bertz CT molecular complexity index is 990. The number of nitrogens with zero attached hydrogens (tertiary/aromatic N) is 3. The minimum Gasteiger partial charge on any atom is -0.493 e. The van der Waals surface area contributed by atoms with E-state index in [0.717, 1.165) is 0 Å². The van der Waals surface area contributed by atoms with Gasteiger partial charge in [0.1, 0.15) is 0 Å². The van der Waals surface area contributed by atoms with Crippen LogP contribution in [0.1, 0.15) is 21.0 Å². The third kappa shape index (κ3) is 4.86. The van der Waals surface area contributed by atoms with Crippen molar-refractivity contribution in [2.24, 2.45) is 0 Å². The molecule has 2 aromatic heterocycles. The summed E-state index contributed by atoms with van der Waals surface area (Å²) in [5, 5.41) is 9.09. The first-order valence-corrected chi connectivity index (χ1v) is 8.65. The van der Waals surface area contributed by atoms with E-state index in [2.05, 4.69) is 25.8 Å². The normalized spacial score (nSPS) is 10.3. The number of hydrogen-bond acceptors (Lipinski definition) is 8. The van der Waals surface area contributed by atoms with Crippen molar-refractivity contribution in [3.8, 4) is 22.9 Å². The third-order valence-corrected chi connectivity index (χ3v) is 3.88. The molecule has 0 unspecified atom stereocenters. The van der Waals surface area contributed by atoms with Crippen LogP contribution in [0.25, 0.3) is 11.4 Å². The van der Waals surface area contributed by atoms with Gasteiger partial charge in [-0.2, -0.15) is 4.98 Å². The van der Waals surface area contributed by atoms with Crippen LogP contribution in [0.3, 0.4) is 0 Å². The van der Waals surface area contributed by atoms with Crippen molar-refractivity contribution >= 4 is 11.8 Å². The molecule has 0 fully saturated rings. The fourth-order valence-corrected chi connectivity index (χ4v) is 2.44. The Hall–Kier alpha value is -3.95. The minimum absolute atomic E-state index is 0.187. The summed E-state index contributed by atoms with van der Waals surface area (Å²) in [6.07, 6.45) is 3.04. The second-order valence-electron chi connectivity index (χ2n) is 5.75. The molecule has 3 rings (SSSR count). The van der Waals surface area contributed by atoms with E-state index in [-0.39, 0.29) is 30.7 Å². The molecule has 0 radical (unpaired) electrons. The van der Waals surface area contributed by atoms with Crippen molar-refractivity contribution in [1.82, 2.24) is 25.8 Å². The number of methoxy groups -OCH3 is 2. The van der Waals surface area contributed by atoms with Crippen LogP contribution in [-0.2, 0) is 0 Å². The fourth-order valence-electron chi connectivity index (χ4n) is 2.44. The van der Waals surface area contributed by atoms with Crippen LogP contribution >= 0.6 is 0 Å². The molecule has 29 heavy (non-hydrogen) atoms. The Labute approximate surface area is 166 Å². The molecular weight excluding hydrogens is 378 g/mol. The highest BCUT2D eigenvalue weighted by molar-refractivity contribution is 5.94. The van der Waals surface area contributed by atoms with Crippen molar-refractivity contribution in [2.45, 2.75) is 0 Å². The molecule has 2 N–H and O–H groups in total. The van der Waals surface area contributed by atoms with E-state index >= 15 is 0 Å². The predicted octanol–water partition coefficient (Wildman–Crippen LogP) is 1.31. The van der Waals surface area contributed by atoms with Gasteiger partial charge in [0.25, 0.3) is 5.91 Å². The first-order chi connectivity index (χ1) is 14.1. The number of carbonyl (C=O) groups excluding carboxylic acids is 2. The highest BCUT2D eigenvalue weighted by Crippen LogP contribution is 2.31. The summed E-state index contributed by atoms with van der Waals surface area (Å²) in [6.45, 7) is 0.426. The number of rotatable bonds is 8. The lowest BCUT2D eigenvalue weighted by Crippen LogP contribution is -2.34. The Morgan fingerprint density at radius 2 is 1.79 bits per heavy atom. The summed E-state index contributed by atoms with van der Waals surface area (Å²) in [7, 11) is 3.05. The molecule has 0 spiro atoms. The molecule has 2 amide bonds. The highest BCUT2D eigenvalue weighted by atomic mass is 16.5. The number of benzene rings is 1. The standard InChI is InChI=1S/C19H19N5O5/c1-27-14-6-5-12(10-15(14)28-2)16-23-19(29-24-16)18(26)22-9-8-21-17(25)13-4-3-7-20-11-13/h3-7,10-11H,8-9H2,1-2H3,(H,21,25)(H,22,26). The first kappa shape index (κ1) is 19.8. The molecule has 0 aliphatic rings. The van der Waals surface area contributed by atoms with Crippen molar-refractivity contribution in [3.05, 3.63) is 54.2 Å². The van der Waals surface area contributed by atoms with Gasteiger partial charge < -0.3 is 24.6 Å². The summed E-state index contributed by atoms with van der Waals surface area (Å²) in [5.41, 5.74) is 1.05. The van der Waals surface area contributed by atoms with Gasteiger partial charge in [-0.3, -0.25) is 14.6 Å². The van der Waals surface area contributed by atoms with E-state index in [1.807, 2.05) is 0 Å². The topological polar surface area (TPSA) is 128 Å². The molecule has 0 saturated heterocycles. The second-order valence-corrected chi connectivity index (χ2v) is 5.75. The maximum absolute atomic E-state index is 12.2. The number of amides is 2. The molecule has 10 heteroatoms. The largest absolute Gasteiger partial charge is 0.493 e. The van der Waals surface area contributed by atoms with E-state index in [4.69, 9.17) is 14.0 Å². The number of aromatic nitrogens is 3. The van der Waals surface area contributed by atoms with Gasteiger partial charge in [-0.15, -0.1) is 0 Å². The number of pyridine rings is 1. The van der Waals surface area contributed by atoms with Gasteiger partial charge in [0, 0.05) is 31.0 Å². The summed E-state index contributed by atoms with van der Waals surface area (Å²) in [5.74, 6) is 0.297. The van der Waals surface area contributed by atoms with Crippen LogP contribution in [0.5, 0.6) is 11.5 Å². The average Bonchev–Trinajstić information content (AvgIpc) is 3.27. The fraction of sp³-hybridized carbons (Fsp3) is 0.211. The van der Waals surface area contributed by atoms with E-state index in [1.54, 1.807) is 36.5 Å². The summed E-state index contributed by atoms with van der Waals surface area (Å²) in [4.78, 5) is 32.0. The Kier molecular flexibility index (Phi) is 6.36. The van der Waals surface area contributed by atoms with Crippen LogP contribution in [0.4, 0.5) is 0 Å².